The zero-order valence-electron chi connectivity index (χ0n) is 11.6. The molecule has 3 N–H and O–H groups in total. The maximum atomic E-state index is 5.76. The van der Waals surface area contributed by atoms with Gasteiger partial charge in [-0.3, -0.25) is 4.99 Å². The first-order chi connectivity index (χ1) is 9.28. The molecule has 0 atom stereocenters. The number of nitrogens with one attached hydrogen (secondary N) is 1. The molecule has 0 aliphatic heterocycles. The number of aliphatic imine (C=N–C) groups is 1. The highest BCUT2D eigenvalue weighted by Gasteiger charge is 2.21. The van der Waals surface area contributed by atoms with Gasteiger partial charge in [0, 0.05) is 12.6 Å². The molecule has 0 heterocycles. The van der Waals surface area contributed by atoms with Crippen molar-refractivity contribution >= 4 is 5.96 Å². The van der Waals surface area contributed by atoms with Gasteiger partial charge in [0.2, 0.25) is 0 Å². The Bertz CT molecular complexity index is 410. The fourth-order valence-corrected chi connectivity index (χ4v) is 1.92. The van der Waals surface area contributed by atoms with E-state index in [1.54, 1.807) is 7.11 Å². The van der Waals surface area contributed by atoms with Gasteiger partial charge in [0.05, 0.1) is 7.11 Å². The monoisotopic (exact) mass is 261 g/mol. The molecule has 2 rings (SSSR count). The van der Waals surface area contributed by atoms with Crippen molar-refractivity contribution in [2.75, 3.05) is 13.7 Å². The Morgan fingerprint density at radius 1 is 1.32 bits per heavy atom. The Morgan fingerprint density at radius 2 is 2.05 bits per heavy atom. The highest BCUT2D eigenvalue weighted by Crippen LogP contribution is 2.18. The van der Waals surface area contributed by atoms with E-state index in [-0.39, 0.29) is 0 Å². The molecule has 1 aromatic carbocycles. The van der Waals surface area contributed by atoms with E-state index in [0.29, 0.717) is 12.0 Å². The topological polar surface area (TPSA) is 59.6 Å². The third-order valence-electron chi connectivity index (χ3n) is 3.24. The maximum Gasteiger partial charge on any atom is 0.188 e. The first-order valence-electron chi connectivity index (χ1n) is 6.97. The number of guanidine groups is 1. The van der Waals surface area contributed by atoms with Crippen molar-refractivity contribution in [2.24, 2.45) is 10.7 Å². The number of benzene rings is 1. The van der Waals surface area contributed by atoms with Crippen LogP contribution < -0.4 is 15.8 Å². The van der Waals surface area contributed by atoms with E-state index in [2.05, 4.69) is 22.4 Å². The first-order valence-corrected chi connectivity index (χ1v) is 6.97. The van der Waals surface area contributed by atoms with Crippen molar-refractivity contribution < 1.29 is 4.74 Å². The lowest BCUT2D eigenvalue weighted by molar-refractivity contribution is 0.414. The van der Waals surface area contributed by atoms with Gasteiger partial charge in [-0.05, 0) is 49.8 Å². The van der Waals surface area contributed by atoms with Crippen LogP contribution in [-0.4, -0.2) is 25.7 Å². The van der Waals surface area contributed by atoms with Crippen LogP contribution in [0.25, 0.3) is 0 Å². The Kier molecular flexibility index (Phi) is 5.07. The fraction of sp³-hybridized carbons (Fsp3) is 0.533. The lowest BCUT2D eigenvalue weighted by Gasteiger charge is -2.04. The number of ether oxygens (including phenoxy) is 1. The predicted molar refractivity (Wildman–Crippen MR) is 78.6 cm³/mol. The second-order valence-electron chi connectivity index (χ2n) is 4.99. The van der Waals surface area contributed by atoms with Crippen LogP contribution in [0.5, 0.6) is 5.75 Å². The largest absolute Gasteiger partial charge is 0.497 e. The van der Waals surface area contributed by atoms with Crippen LogP contribution in [0.3, 0.4) is 0 Å². The zero-order chi connectivity index (χ0) is 13.5. The van der Waals surface area contributed by atoms with Gasteiger partial charge >= 0.3 is 0 Å². The van der Waals surface area contributed by atoms with Gasteiger partial charge in [-0.2, -0.15) is 0 Å². The van der Waals surface area contributed by atoms with Gasteiger partial charge in [-0.25, -0.2) is 0 Å². The lowest BCUT2D eigenvalue weighted by Crippen LogP contribution is -2.33. The third-order valence-corrected chi connectivity index (χ3v) is 3.24. The number of methoxy groups -OCH3 is 1. The average molecular weight is 261 g/mol. The summed E-state index contributed by atoms with van der Waals surface area (Å²) in [6, 6.07) is 8.83. The molecule has 0 aromatic heterocycles. The van der Waals surface area contributed by atoms with Gasteiger partial charge in [-0.15, -0.1) is 0 Å². The van der Waals surface area contributed by atoms with Crippen molar-refractivity contribution in [3.63, 3.8) is 0 Å². The minimum atomic E-state index is 0.586. The quantitative estimate of drug-likeness (QED) is 0.449. The molecule has 1 aromatic rings. The molecule has 0 amide bonds. The minimum Gasteiger partial charge on any atom is -0.497 e. The standard InChI is InChI=1S/C15H23N3O/c1-19-14-9-5-12(6-10-14)4-2-3-11-17-15(16)18-13-7-8-13/h5-6,9-10,13H,2-4,7-8,11H2,1H3,(H3,16,17,18). The molecular formula is C15H23N3O. The normalized spacial score (nSPS) is 15.3. The summed E-state index contributed by atoms with van der Waals surface area (Å²) in [5, 5.41) is 3.19. The van der Waals surface area contributed by atoms with Crippen LogP contribution in [0.4, 0.5) is 0 Å². The fourth-order valence-electron chi connectivity index (χ4n) is 1.92. The highest BCUT2D eigenvalue weighted by atomic mass is 16.5. The van der Waals surface area contributed by atoms with Crippen LogP contribution in [-0.2, 0) is 6.42 Å². The van der Waals surface area contributed by atoms with Crippen LogP contribution >= 0.6 is 0 Å². The average Bonchev–Trinajstić information content (AvgIpc) is 3.23. The maximum absolute atomic E-state index is 5.76. The van der Waals surface area contributed by atoms with E-state index in [9.17, 15) is 0 Å². The van der Waals surface area contributed by atoms with Crippen molar-refractivity contribution in [1.29, 1.82) is 0 Å². The van der Waals surface area contributed by atoms with Crippen molar-refractivity contribution in [2.45, 2.75) is 38.1 Å². The number of hydrogen-bond donors (Lipinski definition) is 2. The summed E-state index contributed by atoms with van der Waals surface area (Å²) in [6.45, 7) is 0.807. The van der Waals surface area contributed by atoms with Gasteiger partial charge in [0.25, 0.3) is 0 Å². The van der Waals surface area contributed by atoms with Gasteiger partial charge < -0.3 is 15.8 Å². The molecule has 4 nitrogen and oxygen atoms in total. The Hall–Kier alpha value is -1.71. The number of unbranched alkanes of at least 4 members (excludes halogenated alkanes) is 1. The number of nitrogens with two attached hydrogens (primary N) is 1. The molecule has 0 saturated heterocycles. The Labute approximate surface area is 115 Å². The van der Waals surface area contributed by atoms with Crippen LogP contribution in [0.2, 0.25) is 0 Å². The minimum absolute atomic E-state index is 0.586. The molecule has 0 spiro atoms. The zero-order valence-corrected chi connectivity index (χ0v) is 11.6. The number of hydrogen-bond acceptors (Lipinski definition) is 2. The number of rotatable bonds is 7. The van der Waals surface area contributed by atoms with Gasteiger partial charge in [0.15, 0.2) is 5.96 Å². The van der Waals surface area contributed by atoms with E-state index >= 15 is 0 Å². The molecule has 1 aliphatic rings. The van der Waals surface area contributed by atoms with Crippen LogP contribution in [0, 0.1) is 0 Å². The summed E-state index contributed by atoms with van der Waals surface area (Å²) >= 11 is 0. The Morgan fingerprint density at radius 3 is 2.68 bits per heavy atom. The summed E-state index contributed by atoms with van der Waals surface area (Å²) < 4.78 is 5.14. The molecule has 1 saturated carbocycles. The molecular weight excluding hydrogens is 238 g/mol. The molecule has 19 heavy (non-hydrogen) atoms. The van der Waals surface area contributed by atoms with Gasteiger partial charge in [0.1, 0.15) is 5.75 Å². The van der Waals surface area contributed by atoms with Crippen LogP contribution in [0.15, 0.2) is 29.3 Å². The van der Waals surface area contributed by atoms with E-state index in [1.165, 1.54) is 18.4 Å². The van der Waals surface area contributed by atoms with E-state index in [0.717, 1.165) is 31.6 Å². The summed E-state index contributed by atoms with van der Waals surface area (Å²) in [5.74, 6) is 1.51. The Balaban J connectivity index is 1.60. The molecule has 4 heteroatoms. The summed E-state index contributed by atoms with van der Waals surface area (Å²) in [4.78, 5) is 4.33. The number of nitrogens with zero attached hydrogens (tertiary/aromatic N) is 1. The first kappa shape index (κ1) is 13.7. The van der Waals surface area contributed by atoms with Crippen molar-refractivity contribution in [3.05, 3.63) is 29.8 Å². The highest BCUT2D eigenvalue weighted by molar-refractivity contribution is 5.78. The lowest BCUT2D eigenvalue weighted by atomic mass is 10.1. The van der Waals surface area contributed by atoms with E-state index < -0.39 is 0 Å². The van der Waals surface area contributed by atoms with Gasteiger partial charge in [-0.1, -0.05) is 12.1 Å². The summed E-state index contributed by atoms with van der Waals surface area (Å²) in [6.07, 6.45) is 5.74. The van der Waals surface area contributed by atoms with Crippen molar-refractivity contribution in [3.8, 4) is 5.75 Å². The third kappa shape index (κ3) is 5.20. The second kappa shape index (κ2) is 7.02. The molecule has 1 fully saturated rings. The summed E-state index contributed by atoms with van der Waals surface area (Å²) in [7, 11) is 1.69. The number of aryl methyl sites for hydroxylation is 1. The smallest absolute Gasteiger partial charge is 0.188 e. The SMILES string of the molecule is COc1ccc(CCCCN=C(N)NC2CC2)cc1. The molecule has 0 bridgehead atoms. The molecule has 0 radical (unpaired) electrons. The van der Waals surface area contributed by atoms with E-state index in [4.69, 9.17) is 10.5 Å². The predicted octanol–water partition coefficient (Wildman–Crippen LogP) is 2.08. The molecule has 0 unspecified atom stereocenters. The van der Waals surface area contributed by atoms with Crippen LogP contribution in [0.1, 0.15) is 31.2 Å². The second-order valence-corrected chi connectivity index (χ2v) is 4.99. The van der Waals surface area contributed by atoms with Crippen molar-refractivity contribution in [1.82, 2.24) is 5.32 Å². The summed E-state index contributed by atoms with van der Waals surface area (Å²) in [5.41, 5.74) is 7.11. The van der Waals surface area contributed by atoms with E-state index in [1.807, 2.05) is 12.1 Å². The molecule has 1 aliphatic carbocycles. The molecule has 104 valence electrons.